The second kappa shape index (κ2) is 66.7. The molecule has 4 aliphatic rings. The normalized spacial score (nSPS) is 26.0. The molecule has 4 heterocycles. The maximum absolute atomic E-state index is 13.5. The van der Waals surface area contributed by atoms with E-state index < -0.39 is 250 Å². The Kier molecular flexibility index (Phi) is 62.8. The van der Waals surface area contributed by atoms with Crippen molar-refractivity contribution in [1.82, 2.24) is 63.4 Å². The Hall–Kier alpha value is -6.14. The molecule has 27 N–H and O–H groups in total. The third-order valence-electron chi connectivity index (χ3n) is 21.0. The molecule has 6 amide bonds. The van der Waals surface area contributed by atoms with Crippen molar-refractivity contribution < 1.29 is 196 Å². The number of nitrogens with zero attached hydrogens (tertiary/aromatic N) is 4. The van der Waals surface area contributed by atoms with Gasteiger partial charge in [0, 0.05) is 99.1 Å². The van der Waals surface area contributed by atoms with Crippen LogP contribution in [0.15, 0.2) is 72.8 Å². The first-order valence-electron chi connectivity index (χ1n) is 42.0. The number of thioether (sulfide) groups is 2. The zero-order valence-corrected chi connectivity index (χ0v) is 84.9. The van der Waals surface area contributed by atoms with Gasteiger partial charge >= 0.3 is 29.6 Å². The second-order valence-electron chi connectivity index (χ2n) is 29.9. The predicted molar refractivity (Wildman–Crippen MR) is 503 cm³/mol. The van der Waals surface area contributed by atoms with Crippen molar-refractivity contribution in [3.63, 3.8) is 0 Å². The van der Waals surface area contributed by atoms with Crippen molar-refractivity contribution in [3.05, 3.63) is 120 Å². The summed E-state index contributed by atoms with van der Waals surface area (Å²) in [5.74, 6) is -1.40. The first-order valence-corrected chi connectivity index (χ1v) is 49.3. The topological polar surface area (TPSA) is 819 Å². The number of hydrogen-bond donors (Lipinski definition) is 29. The van der Waals surface area contributed by atoms with Gasteiger partial charge in [-0.05, 0) is 39.7 Å². The third-order valence-corrected chi connectivity index (χ3v) is 26.9. The molecule has 0 aliphatic carbocycles. The standard InChI is InChI=1S/2C20H30N4O9S.C16H24N2O7S2.C12H23N3O7.C8H16N2O2S.C2H6O3S2.Na/c1-21-11(19(30)22-2)7-15(26)34-9-12(10-5-3-4-6-13(10)24(31)32)23-20-18(29)17(28)16(27)14(8-25)33-20;1-21-11(19(30)22-2)7-15(26)23(20-18(29)17(28)16(27)14(8-25)33-20)13(9-34)10-5-3-4-6-12(10)24(31)32;1-2-27(26)8-10(9-5-3-4-6-11(9)18(23)24)17-16-15(22)14(21)13(20)12(7-19)25-16;1-13-5(11(21)14-2)3-7(17)15-12-10(20)9(19)8(18)6(4-16)22-12;1-4-13-7(11)5-6(9-2)8(12)10-3;3-7(4,5)2-1-6;/h3-6,11-12,14,16-18,20-21,23,25,27-29H,7-9H2,1-2H3,(H,22,30);3-6,11,13-14,16-18,20-21,25,27-29,34H,7-9H2,1-2H3,(H,22,30);3-6,10,12-17,19-22H,2,7-8H2,1H3;5-6,8-10,12-13,16,18-20H,3-4H2,1-2H3,(H,14,21)(H,15,17);6,9H,4-5H2,1-3H3,(H,10,12);6H,1-2H2,(H,3,4,5);/q;;;;;;+1/p-1/t11?,12?,14?,16-,17+,18?,20-;11?,13?,14?,16-,17+,18?,20-;10?,12?,13-,14+,15?,16-,27?;5?,6?,8-,9+,10?,12-;;;/m1111.../s1. The zero-order chi connectivity index (χ0) is 104. The molecule has 3 aromatic carbocycles. The molecule has 0 aromatic heterocycles. The van der Waals surface area contributed by atoms with E-state index in [1.807, 2.05) is 13.8 Å². The Labute approximate surface area is 843 Å². The van der Waals surface area contributed by atoms with Crippen molar-refractivity contribution in [2.45, 2.75) is 204 Å². The van der Waals surface area contributed by atoms with Gasteiger partial charge in [-0.1, -0.05) is 103 Å². The number of carbonyl (C=O) groups excluding carboxylic acids is 8. The number of para-hydroxylation sites is 3. The van der Waals surface area contributed by atoms with E-state index in [1.165, 1.54) is 103 Å². The first kappa shape index (κ1) is 130. The van der Waals surface area contributed by atoms with E-state index in [0.29, 0.717) is 17.1 Å². The minimum absolute atomic E-state index is 0. The molecule has 0 bridgehead atoms. The molecule has 4 saturated heterocycles. The molecule has 0 spiro atoms. The zero-order valence-electron chi connectivity index (χ0n) is 77.1. The fourth-order valence-corrected chi connectivity index (χ4v) is 17.5. The molecule has 4 fully saturated rings. The van der Waals surface area contributed by atoms with Crippen molar-refractivity contribution in [2.24, 2.45) is 0 Å². The van der Waals surface area contributed by atoms with Gasteiger partial charge in [0.25, 0.3) is 17.1 Å². The van der Waals surface area contributed by atoms with E-state index in [1.54, 1.807) is 38.4 Å². The van der Waals surface area contributed by atoms with Crippen LogP contribution in [-0.4, -0.2) is 430 Å². The van der Waals surface area contributed by atoms with Crippen LogP contribution in [0.5, 0.6) is 0 Å². The molecule has 4 aliphatic heterocycles. The Balaban J connectivity index is 0.000000867. The number of amides is 6. The summed E-state index contributed by atoms with van der Waals surface area (Å²) in [6.07, 6.45) is -29.9. The van der Waals surface area contributed by atoms with Gasteiger partial charge in [0.2, 0.25) is 35.4 Å². The molecular formula is C78H128N15NaO37S7. The number of aliphatic hydroxyl groups is 16. The number of nitro benzene ring substituents is 3. The van der Waals surface area contributed by atoms with Crippen LogP contribution in [0.4, 0.5) is 17.1 Å². The van der Waals surface area contributed by atoms with Crippen LogP contribution < -0.4 is 88.0 Å². The van der Waals surface area contributed by atoms with E-state index in [4.69, 9.17) is 35.2 Å². The number of ether oxygens (including phenoxy) is 4. The van der Waals surface area contributed by atoms with Gasteiger partial charge < -0.3 is 158 Å². The molecule has 780 valence electrons. The van der Waals surface area contributed by atoms with E-state index in [2.05, 4.69) is 83.7 Å². The van der Waals surface area contributed by atoms with Crippen LogP contribution in [0.1, 0.15) is 74.3 Å². The van der Waals surface area contributed by atoms with Crippen LogP contribution in [0, 0.1) is 30.3 Å². The van der Waals surface area contributed by atoms with E-state index in [0.717, 1.165) is 22.4 Å². The second-order valence-corrected chi connectivity index (χ2v) is 37.9. The summed E-state index contributed by atoms with van der Waals surface area (Å²) in [5.41, 5.74) is 0.00412. The fourth-order valence-electron chi connectivity index (χ4n) is 13.4. The molecular weight excluding hydrogens is 1990 g/mol. The Morgan fingerprint density at radius 2 is 0.797 bits per heavy atom. The summed E-state index contributed by atoms with van der Waals surface area (Å²) in [5, 5.41) is 221. The van der Waals surface area contributed by atoms with Crippen molar-refractivity contribution >= 4 is 142 Å². The van der Waals surface area contributed by atoms with Crippen molar-refractivity contribution in [1.29, 1.82) is 0 Å². The van der Waals surface area contributed by atoms with Crippen LogP contribution in [0.3, 0.4) is 0 Å². The molecule has 138 heavy (non-hydrogen) atoms. The van der Waals surface area contributed by atoms with Gasteiger partial charge in [-0.2, -0.15) is 25.3 Å². The maximum Gasteiger partial charge on any atom is 1.00 e. The number of hydrogen-bond acceptors (Lipinski definition) is 48. The van der Waals surface area contributed by atoms with Gasteiger partial charge in [-0.3, -0.25) is 79.3 Å². The third kappa shape index (κ3) is 40.5. The number of benzene rings is 3. The average Bonchev–Trinajstić information content (AvgIpc) is 0.769. The Morgan fingerprint density at radius 1 is 0.471 bits per heavy atom. The molecule has 28 atom stereocenters. The van der Waals surface area contributed by atoms with E-state index >= 15 is 0 Å². The summed E-state index contributed by atoms with van der Waals surface area (Å²) in [6.45, 7) is 1.31. The molecule has 3 aromatic rings. The number of likely N-dealkylation sites (N-methyl/N-ethyl adjacent to an activating group) is 8. The number of aliphatic hydroxyl groups excluding tert-OH is 16. The van der Waals surface area contributed by atoms with Gasteiger partial charge in [0.05, 0.1) is 112 Å². The summed E-state index contributed by atoms with van der Waals surface area (Å²) in [4.78, 5) is 130. The van der Waals surface area contributed by atoms with Crippen LogP contribution in [-0.2, 0) is 88.1 Å². The summed E-state index contributed by atoms with van der Waals surface area (Å²) >= 11 is 15.3. The van der Waals surface area contributed by atoms with Gasteiger partial charge in [-0.15, -0.1) is 9.45 Å². The molecule has 0 saturated carbocycles. The summed E-state index contributed by atoms with van der Waals surface area (Å²) in [6, 6.07) is 12.0. The SMILES string of the molecule is CCS(=S)CC(N[C@@H]1OC(CO)[C@@H](O)[C@H](O)C1O)c1ccccc1[N+](=O)[O-].CCSC(=O)CC(NC)C(=O)NC.CNC(=O)C(CC(=O)N(C(CS)c1ccccc1[N+](=O)[O-])[C@@H]1OC(CO)[C@@H](O)[C@H](O)C1O)NC.CNC(=O)C(CC(=O)N[C@@H]1OC(CO)[C@@H](O)[C@H](O)C1O)NC.CNC(=O)C(CC(=O)SCC(N[C@@H]1OC(CO)[C@@H](O)[C@H](O)C1O)c1ccccc1[N+](=O)[O-])NC.O=S(=O)([O-])CCS.[Na+]. The quantitative estimate of drug-likeness (QED) is 0.00823. The van der Waals surface area contributed by atoms with Gasteiger partial charge in [-0.25, -0.2) is 8.42 Å². The molecule has 60 heteroatoms. The van der Waals surface area contributed by atoms with Gasteiger partial charge in [0.1, 0.15) is 110 Å². The summed E-state index contributed by atoms with van der Waals surface area (Å²) < 4.78 is 50.6. The number of carbonyl (C=O) groups is 8. The smallest absolute Gasteiger partial charge is 0.748 e. The Morgan fingerprint density at radius 3 is 1.14 bits per heavy atom. The number of nitro groups is 3. The predicted octanol–water partition coefficient (Wildman–Crippen LogP) is -12.9. The van der Waals surface area contributed by atoms with Crippen LogP contribution in [0.25, 0.3) is 0 Å². The van der Waals surface area contributed by atoms with Crippen LogP contribution in [0.2, 0.25) is 0 Å². The Bertz CT molecular complexity index is 4420. The average molecular weight is 2120 g/mol. The van der Waals surface area contributed by atoms with Gasteiger partial charge in [0.15, 0.2) is 22.7 Å². The van der Waals surface area contributed by atoms with Crippen molar-refractivity contribution in [3.8, 4) is 0 Å². The first-order chi connectivity index (χ1) is 64.6. The molecule has 16 unspecified atom stereocenters. The molecule has 7 rings (SSSR count). The minimum atomic E-state index is -4.00. The van der Waals surface area contributed by atoms with Crippen molar-refractivity contribution in [2.75, 3.05) is 123 Å². The number of rotatable bonds is 42. The largest absolute Gasteiger partial charge is 1.00 e. The number of nitrogens with one attached hydrogen (secondary N) is 11. The fraction of sp³-hybridized carbons (Fsp3) is 0.667. The van der Waals surface area contributed by atoms with E-state index in [9.17, 15) is 158 Å². The maximum atomic E-state index is 13.5. The minimum Gasteiger partial charge on any atom is -0.748 e. The van der Waals surface area contributed by atoms with E-state index in [-0.39, 0.29) is 128 Å². The summed E-state index contributed by atoms with van der Waals surface area (Å²) in [7, 11) is 7.53. The van der Waals surface area contributed by atoms with Crippen LogP contribution >= 0.6 is 48.8 Å². The monoisotopic (exact) mass is 2110 g/mol. The molecule has 0 radical (unpaired) electrons. The number of thiol groups is 2. The molecule has 52 nitrogen and oxygen atoms in total.